The lowest BCUT2D eigenvalue weighted by atomic mass is 9.81. The molecule has 0 saturated heterocycles. The molecule has 2 radical (unpaired) electrons. The molecular weight excluding hydrogens is 199 g/mol. The summed E-state index contributed by atoms with van der Waals surface area (Å²) < 4.78 is 0. The van der Waals surface area contributed by atoms with E-state index in [-0.39, 0.29) is 10.8 Å². The maximum absolute atomic E-state index is 4.53. The average Bonchev–Trinajstić information content (AvgIpc) is 2.00. The SMILES string of the molecule is CC(C)(C)c1ccc([P])c(C(C)(C)C)c1. The third kappa shape index (κ3) is 3.05. The van der Waals surface area contributed by atoms with E-state index >= 15 is 0 Å². The van der Waals surface area contributed by atoms with E-state index in [0.29, 0.717) is 0 Å². The Labute approximate surface area is 96.7 Å². The molecule has 0 spiro atoms. The fraction of sp³-hybridized carbons (Fsp3) is 0.571. The van der Waals surface area contributed by atoms with Crippen molar-refractivity contribution >= 4 is 14.5 Å². The average molecular weight is 220 g/mol. The molecule has 0 bridgehead atoms. The van der Waals surface area contributed by atoms with E-state index in [9.17, 15) is 0 Å². The van der Waals surface area contributed by atoms with Crippen LogP contribution in [0.3, 0.4) is 0 Å². The molecule has 0 fully saturated rings. The molecule has 0 aliphatic heterocycles. The van der Waals surface area contributed by atoms with Gasteiger partial charge in [-0.15, -0.1) is 0 Å². The number of benzene rings is 1. The van der Waals surface area contributed by atoms with Gasteiger partial charge in [-0.1, -0.05) is 59.7 Å². The molecule has 0 aromatic heterocycles. The first-order chi connectivity index (χ1) is 6.62. The van der Waals surface area contributed by atoms with Crippen molar-refractivity contribution in [2.75, 3.05) is 0 Å². The molecule has 0 aliphatic carbocycles. The lowest BCUT2D eigenvalue weighted by Crippen LogP contribution is -2.21. The molecule has 1 rings (SSSR count). The van der Waals surface area contributed by atoms with Gasteiger partial charge in [-0.05, 0) is 36.5 Å². The molecule has 0 atom stereocenters. The molecule has 0 saturated carbocycles. The Balaban J connectivity index is 3.30. The van der Waals surface area contributed by atoms with Crippen LogP contribution in [-0.4, -0.2) is 0 Å². The van der Waals surface area contributed by atoms with Gasteiger partial charge in [-0.2, -0.15) is 0 Å². The minimum absolute atomic E-state index is 0.165. The van der Waals surface area contributed by atoms with Crippen LogP contribution in [-0.2, 0) is 10.8 Å². The predicted molar refractivity (Wildman–Crippen MR) is 70.4 cm³/mol. The Hall–Kier alpha value is -0.350. The molecule has 15 heavy (non-hydrogen) atoms. The maximum atomic E-state index is 4.53. The van der Waals surface area contributed by atoms with Gasteiger partial charge in [0.15, 0.2) is 0 Å². The van der Waals surface area contributed by atoms with Gasteiger partial charge in [0, 0.05) is 0 Å². The third-order valence-corrected chi connectivity index (χ3v) is 3.06. The molecule has 0 heterocycles. The van der Waals surface area contributed by atoms with Crippen molar-refractivity contribution in [1.82, 2.24) is 0 Å². The van der Waals surface area contributed by atoms with Crippen molar-refractivity contribution in [2.45, 2.75) is 52.4 Å². The summed E-state index contributed by atoms with van der Waals surface area (Å²) in [5.41, 5.74) is 3.09. The van der Waals surface area contributed by atoms with Gasteiger partial charge in [-0.25, -0.2) is 0 Å². The highest BCUT2D eigenvalue weighted by Gasteiger charge is 2.20. The van der Waals surface area contributed by atoms with E-state index in [4.69, 9.17) is 0 Å². The van der Waals surface area contributed by atoms with E-state index in [2.05, 4.69) is 69.0 Å². The highest BCUT2D eigenvalue weighted by molar-refractivity contribution is 7.27. The van der Waals surface area contributed by atoms with Crippen LogP contribution < -0.4 is 5.30 Å². The lowest BCUT2D eigenvalue weighted by Gasteiger charge is -2.26. The van der Waals surface area contributed by atoms with Gasteiger partial charge in [0.2, 0.25) is 0 Å². The van der Waals surface area contributed by atoms with Crippen molar-refractivity contribution in [3.63, 3.8) is 0 Å². The fourth-order valence-corrected chi connectivity index (χ4v) is 2.08. The first-order valence-electron chi connectivity index (χ1n) is 5.46. The second kappa shape index (κ2) is 3.91. The van der Waals surface area contributed by atoms with Crippen molar-refractivity contribution in [2.24, 2.45) is 0 Å². The molecule has 0 unspecified atom stereocenters. The van der Waals surface area contributed by atoms with Crippen LogP contribution in [0.5, 0.6) is 0 Å². The summed E-state index contributed by atoms with van der Waals surface area (Å²) in [7, 11) is 4.53. The van der Waals surface area contributed by atoms with Gasteiger partial charge in [0.05, 0.1) is 0 Å². The second-order valence-corrected chi connectivity index (χ2v) is 6.71. The summed E-state index contributed by atoms with van der Waals surface area (Å²) in [6.45, 7) is 13.4. The first-order valence-corrected chi connectivity index (χ1v) is 5.91. The summed E-state index contributed by atoms with van der Waals surface area (Å²) in [5.74, 6) is 0. The van der Waals surface area contributed by atoms with Gasteiger partial charge in [0.25, 0.3) is 0 Å². The molecule has 0 nitrogen and oxygen atoms in total. The van der Waals surface area contributed by atoms with Crippen LogP contribution in [0.25, 0.3) is 0 Å². The second-order valence-electron chi connectivity index (χ2n) is 6.23. The minimum Gasteiger partial charge on any atom is -0.0578 e. The largest absolute Gasteiger partial charge is 0.0578 e. The zero-order valence-corrected chi connectivity index (χ0v) is 11.6. The molecule has 1 aromatic carbocycles. The summed E-state index contributed by atoms with van der Waals surface area (Å²) in [5, 5.41) is 1.09. The monoisotopic (exact) mass is 220 g/mol. The maximum Gasteiger partial charge on any atom is -0.00530 e. The van der Waals surface area contributed by atoms with E-state index in [1.165, 1.54) is 11.1 Å². The topological polar surface area (TPSA) is 0 Å². The zero-order chi connectivity index (χ0) is 11.9. The predicted octanol–water partition coefficient (Wildman–Crippen LogP) is 4.32. The Morgan fingerprint density at radius 1 is 0.867 bits per heavy atom. The summed E-state index contributed by atoms with van der Waals surface area (Å²) in [6.07, 6.45) is 0. The first kappa shape index (κ1) is 12.7. The van der Waals surface area contributed by atoms with Crippen LogP contribution in [0.2, 0.25) is 0 Å². The normalized spacial score (nSPS) is 13.0. The number of hydrogen-bond acceptors (Lipinski definition) is 0. The van der Waals surface area contributed by atoms with Crippen molar-refractivity contribution < 1.29 is 0 Å². The quantitative estimate of drug-likeness (QED) is 0.571. The Morgan fingerprint density at radius 3 is 1.80 bits per heavy atom. The molecular formula is C14H21P. The summed E-state index contributed by atoms with van der Waals surface area (Å²) >= 11 is 0. The molecule has 1 heteroatoms. The van der Waals surface area contributed by atoms with Crippen LogP contribution in [0.1, 0.15) is 52.7 Å². The fourth-order valence-electron chi connectivity index (χ4n) is 1.60. The van der Waals surface area contributed by atoms with Crippen LogP contribution in [0, 0.1) is 0 Å². The third-order valence-electron chi connectivity index (χ3n) is 2.67. The van der Waals surface area contributed by atoms with E-state index in [0.717, 1.165) is 5.30 Å². The summed E-state index contributed by atoms with van der Waals surface area (Å²) in [6, 6.07) is 6.59. The van der Waals surface area contributed by atoms with Crippen LogP contribution in [0.15, 0.2) is 18.2 Å². The van der Waals surface area contributed by atoms with Gasteiger partial charge >= 0.3 is 0 Å². The molecule has 0 amide bonds. The molecule has 82 valence electrons. The molecule has 1 aromatic rings. The Bertz CT molecular complexity index is 351. The highest BCUT2D eigenvalue weighted by atomic mass is 31.0. The Morgan fingerprint density at radius 2 is 1.40 bits per heavy atom. The smallest absolute Gasteiger partial charge is 0.00530 e. The van der Waals surface area contributed by atoms with Gasteiger partial charge < -0.3 is 0 Å². The standard InChI is InChI=1S/C14H21P/c1-13(2,3)10-7-8-12(15)11(9-10)14(4,5)6/h7-9H,1-6H3. The van der Waals surface area contributed by atoms with Crippen LogP contribution in [0.4, 0.5) is 0 Å². The highest BCUT2D eigenvalue weighted by Crippen LogP contribution is 2.28. The van der Waals surface area contributed by atoms with Gasteiger partial charge in [-0.3, -0.25) is 0 Å². The molecule has 0 aliphatic rings. The molecule has 0 N–H and O–H groups in total. The van der Waals surface area contributed by atoms with E-state index < -0.39 is 0 Å². The number of hydrogen-bond donors (Lipinski definition) is 0. The van der Waals surface area contributed by atoms with Crippen molar-refractivity contribution in [3.05, 3.63) is 29.3 Å². The number of rotatable bonds is 0. The van der Waals surface area contributed by atoms with Crippen molar-refractivity contribution in [1.29, 1.82) is 0 Å². The van der Waals surface area contributed by atoms with Crippen LogP contribution >= 0.6 is 9.24 Å². The lowest BCUT2D eigenvalue weighted by molar-refractivity contribution is 0.571. The zero-order valence-electron chi connectivity index (χ0n) is 10.7. The minimum atomic E-state index is 0.165. The van der Waals surface area contributed by atoms with E-state index in [1.807, 2.05) is 0 Å². The van der Waals surface area contributed by atoms with Crippen molar-refractivity contribution in [3.8, 4) is 0 Å². The summed E-state index contributed by atoms with van der Waals surface area (Å²) in [4.78, 5) is 0. The van der Waals surface area contributed by atoms with Gasteiger partial charge in [0.1, 0.15) is 0 Å². The Kier molecular flexibility index (Phi) is 3.31. The van der Waals surface area contributed by atoms with E-state index in [1.54, 1.807) is 0 Å².